The van der Waals surface area contributed by atoms with Crippen LogP contribution in [-0.4, -0.2) is 24.7 Å². The molecule has 1 amide bonds. The first-order valence-electron chi connectivity index (χ1n) is 5.34. The zero-order valence-corrected chi connectivity index (χ0v) is 9.85. The van der Waals surface area contributed by atoms with Crippen molar-refractivity contribution in [1.29, 1.82) is 0 Å². The van der Waals surface area contributed by atoms with Gasteiger partial charge in [0.05, 0.1) is 0 Å². The lowest BCUT2D eigenvalue weighted by Gasteiger charge is -2.25. The smallest absolute Gasteiger partial charge is 0.217 e. The second-order valence-electron chi connectivity index (χ2n) is 4.28. The minimum Gasteiger partial charge on any atom is -0.381 e. The number of hydrogen-bond donors (Lipinski definition) is 1. The quantitative estimate of drug-likeness (QED) is 0.641. The van der Waals surface area contributed by atoms with Crippen LogP contribution in [0.1, 0.15) is 47.0 Å². The third-order valence-corrected chi connectivity index (χ3v) is 2.03. The van der Waals surface area contributed by atoms with Crippen LogP contribution in [0.3, 0.4) is 0 Å². The number of rotatable bonds is 7. The van der Waals surface area contributed by atoms with Crippen molar-refractivity contribution >= 4 is 5.91 Å². The Balaban J connectivity index is 3.50. The van der Waals surface area contributed by atoms with Gasteiger partial charge in [-0.25, -0.2) is 0 Å². The van der Waals surface area contributed by atoms with E-state index in [4.69, 9.17) is 4.74 Å². The molecule has 0 bridgehead atoms. The van der Waals surface area contributed by atoms with E-state index in [-0.39, 0.29) is 11.4 Å². The summed E-state index contributed by atoms with van der Waals surface area (Å²) in [4.78, 5) is 10.8. The molecular weight excluding hydrogens is 178 g/mol. The van der Waals surface area contributed by atoms with Crippen LogP contribution in [0.5, 0.6) is 0 Å². The lowest BCUT2D eigenvalue weighted by atomic mass is 10.0. The molecule has 0 heterocycles. The molecule has 0 aromatic heterocycles. The molecular formula is C11H23NO2. The van der Waals surface area contributed by atoms with E-state index in [1.807, 2.05) is 13.8 Å². The number of unbranched alkanes of at least 4 members (excludes halogenated alkanes) is 1. The van der Waals surface area contributed by atoms with Gasteiger partial charge in [-0.15, -0.1) is 0 Å². The summed E-state index contributed by atoms with van der Waals surface area (Å²) in [5, 5.41) is 2.89. The van der Waals surface area contributed by atoms with Gasteiger partial charge in [0.25, 0.3) is 0 Å². The Bertz CT molecular complexity index is 167. The third-order valence-electron chi connectivity index (χ3n) is 2.03. The Kier molecular flexibility index (Phi) is 6.54. The van der Waals surface area contributed by atoms with Gasteiger partial charge in [-0.3, -0.25) is 4.79 Å². The Morgan fingerprint density at radius 2 is 2.00 bits per heavy atom. The molecule has 0 aromatic rings. The van der Waals surface area contributed by atoms with Crippen molar-refractivity contribution in [3.63, 3.8) is 0 Å². The van der Waals surface area contributed by atoms with Crippen molar-refractivity contribution in [2.75, 3.05) is 13.2 Å². The van der Waals surface area contributed by atoms with Crippen LogP contribution in [0.2, 0.25) is 0 Å². The van der Waals surface area contributed by atoms with Gasteiger partial charge < -0.3 is 10.1 Å². The molecule has 0 unspecified atom stereocenters. The molecule has 0 aromatic carbocycles. The molecule has 0 rings (SSSR count). The molecule has 3 nitrogen and oxygen atoms in total. The van der Waals surface area contributed by atoms with E-state index in [1.54, 1.807) is 6.92 Å². The van der Waals surface area contributed by atoms with Crippen molar-refractivity contribution in [3.05, 3.63) is 0 Å². The van der Waals surface area contributed by atoms with Crippen LogP contribution < -0.4 is 5.32 Å². The summed E-state index contributed by atoms with van der Waals surface area (Å²) in [6.07, 6.45) is 3.13. The highest BCUT2D eigenvalue weighted by Crippen LogP contribution is 2.08. The maximum atomic E-state index is 10.8. The fourth-order valence-electron chi connectivity index (χ4n) is 1.21. The zero-order valence-electron chi connectivity index (χ0n) is 9.85. The summed E-state index contributed by atoms with van der Waals surface area (Å²) in [6, 6.07) is 0. The van der Waals surface area contributed by atoms with Crippen LogP contribution in [-0.2, 0) is 9.53 Å². The number of nitrogens with one attached hydrogen (secondary N) is 1. The summed E-state index contributed by atoms with van der Waals surface area (Å²) in [5.74, 6) is 0.0172. The molecule has 0 aliphatic carbocycles. The molecule has 3 heteroatoms. The Morgan fingerprint density at radius 1 is 1.36 bits per heavy atom. The fraction of sp³-hybridized carbons (Fsp3) is 0.909. The van der Waals surface area contributed by atoms with Crippen LogP contribution >= 0.6 is 0 Å². The van der Waals surface area contributed by atoms with Crippen LogP contribution in [0.15, 0.2) is 0 Å². The maximum absolute atomic E-state index is 10.8. The third kappa shape index (κ3) is 8.05. The second kappa shape index (κ2) is 6.82. The molecule has 14 heavy (non-hydrogen) atoms. The Morgan fingerprint density at radius 3 is 2.50 bits per heavy atom. The number of carbonyl (C=O) groups excluding carboxylic acids is 1. The predicted octanol–water partition coefficient (Wildman–Crippen LogP) is 2.11. The van der Waals surface area contributed by atoms with Crippen molar-refractivity contribution in [2.45, 2.75) is 52.5 Å². The molecule has 0 aliphatic rings. The zero-order chi connectivity index (χ0) is 11.0. The topological polar surface area (TPSA) is 38.3 Å². The molecule has 0 spiro atoms. The van der Waals surface area contributed by atoms with Gasteiger partial charge in [-0.2, -0.15) is 0 Å². The van der Waals surface area contributed by atoms with Crippen molar-refractivity contribution in [1.82, 2.24) is 5.32 Å². The summed E-state index contributed by atoms with van der Waals surface area (Å²) < 4.78 is 5.44. The first kappa shape index (κ1) is 13.4. The van der Waals surface area contributed by atoms with Gasteiger partial charge in [0.15, 0.2) is 0 Å². The van der Waals surface area contributed by atoms with Crippen molar-refractivity contribution in [2.24, 2.45) is 0 Å². The van der Waals surface area contributed by atoms with E-state index in [2.05, 4.69) is 12.2 Å². The summed E-state index contributed by atoms with van der Waals surface area (Å²) in [6.45, 7) is 9.25. The summed E-state index contributed by atoms with van der Waals surface area (Å²) in [7, 11) is 0. The Hall–Kier alpha value is -0.570. The van der Waals surface area contributed by atoms with Gasteiger partial charge in [-0.1, -0.05) is 13.3 Å². The van der Waals surface area contributed by atoms with Crippen molar-refractivity contribution in [3.8, 4) is 0 Å². The molecule has 1 N–H and O–H groups in total. The molecule has 0 saturated carbocycles. The van der Waals surface area contributed by atoms with Gasteiger partial charge in [0.1, 0.15) is 0 Å². The molecule has 0 fully saturated rings. The van der Waals surface area contributed by atoms with Crippen LogP contribution in [0, 0.1) is 0 Å². The highest BCUT2D eigenvalue weighted by Gasteiger charge is 2.17. The molecule has 0 atom stereocenters. The van der Waals surface area contributed by atoms with E-state index in [1.165, 1.54) is 0 Å². The lowest BCUT2D eigenvalue weighted by Crippen LogP contribution is -2.43. The minimum atomic E-state index is -0.155. The van der Waals surface area contributed by atoms with E-state index < -0.39 is 0 Å². The van der Waals surface area contributed by atoms with E-state index in [0.717, 1.165) is 25.9 Å². The maximum Gasteiger partial charge on any atom is 0.217 e. The average Bonchev–Trinajstić information content (AvgIpc) is 2.01. The van der Waals surface area contributed by atoms with E-state index in [0.29, 0.717) is 6.61 Å². The highest BCUT2D eigenvalue weighted by atomic mass is 16.5. The van der Waals surface area contributed by atoms with E-state index in [9.17, 15) is 4.79 Å². The summed E-state index contributed by atoms with van der Waals surface area (Å²) >= 11 is 0. The highest BCUT2D eigenvalue weighted by molar-refractivity contribution is 5.73. The first-order valence-corrected chi connectivity index (χ1v) is 5.34. The van der Waals surface area contributed by atoms with E-state index >= 15 is 0 Å². The van der Waals surface area contributed by atoms with Crippen LogP contribution in [0.25, 0.3) is 0 Å². The molecule has 0 saturated heterocycles. The standard InChI is InChI=1S/C11H23NO2/c1-5-6-8-14-9-7-11(3,4)12-10(2)13/h5-9H2,1-4H3,(H,12,13). The minimum absolute atomic E-state index is 0.0172. The first-order chi connectivity index (χ1) is 6.48. The lowest BCUT2D eigenvalue weighted by molar-refractivity contribution is -0.120. The fourth-order valence-corrected chi connectivity index (χ4v) is 1.21. The van der Waals surface area contributed by atoms with Gasteiger partial charge in [0.2, 0.25) is 5.91 Å². The number of ether oxygens (including phenoxy) is 1. The normalized spacial score (nSPS) is 11.4. The largest absolute Gasteiger partial charge is 0.381 e. The van der Waals surface area contributed by atoms with Gasteiger partial charge in [-0.05, 0) is 26.7 Å². The van der Waals surface area contributed by atoms with Crippen molar-refractivity contribution < 1.29 is 9.53 Å². The second-order valence-corrected chi connectivity index (χ2v) is 4.28. The molecule has 0 radical (unpaired) electrons. The SMILES string of the molecule is CCCCOCCC(C)(C)NC(C)=O. The molecule has 0 aliphatic heterocycles. The average molecular weight is 201 g/mol. The Labute approximate surface area is 87.2 Å². The van der Waals surface area contributed by atoms with Crippen LogP contribution in [0.4, 0.5) is 0 Å². The number of carbonyl (C=O) groups is 1. The van der Waals surface area contributed by atoms with Gasteiger partial charge >= 0.3 is 0 Å². The predicted molar refractivity (Wildman–Crippen MR) is 58.2 cm³/mol. The number of amides is 1. The van der Waals surface area contributed by atoms with Gasteiger partial charge in [0, 0.05) is 25.7 Å². The summed E-state index contributed by atoms with van der Waals surface area (Å²) in [5.41, 5.74) is -0.155. The molecule has 84 valence electrons. The number of hydrogen-bond acceptors (Lipinski definition) is 2. The monoisotopic (exact) mass is 201 g/mol.